The van der Waals surface area contributed by atoms with Gasteiger partial charge in [0.1, 0.15) is 47.3 Å². The van der Waals surface area contributed by atoms with Crippen molar-refractivity contribution in [1.29, 1.82) is 0 Å². The summed E-state index contributed by atoms with van der Waals surface area (Å²) in [6, 6.07) is 4.93. The monoisotopic (exact) mass is 612 g/mol. The molecule has 10 atom stereocenters. The van der Waals surface area contributed by atoms with Crippen molar-refractivity contribution in [3.05, 3.63) is 41.7 Å². The minimum absolute atomic E-state index is 0.395. The van der Waals surface area contributed by atoms with Crippen molar-refractivity contribution in [2.75, 3.05) is 27.9 Å². The fourth-order valence-corrected chi connectivity index (χ4v) is 5.61. The molecule has 0 bridgehead atoms. The average Bonchev–Trinajstić information content (AvgIpc) is 3.20. The van der Waals surface area contributed by atoms with Gasteiger partial charge in [0.15, 0.2) is 17.8 Å². The maximum Gasteiger partial charge on any atom is 0.339 e. The fourth-order valence-electron chi connectivity index (χ4n) is 5.61. The third-order valence-corrected chi connectivity index (χ3v) is 7.95. The molecule has 1 aliphatic carbocycles. The predicted octanol–water partition coefficient (Wildman–Crippen LogP) is -1.64. The first-order valence-electron chi connectivity index (χ1n) is 13.3. The van der Waals surface area contributed by atoms with E-state index >= 15 is 0 Å². The first kappa shape index (κ1) is 32.6. The number of carbonyl (C=O) groups excluding carboxylic acids is 2. The highest BCUT2D eigenvalue weighted by atomic mass is 16.8. The van der Waals surface area contributed by atoms with Gasteiger partial charge in [-0.3, -0.25) is 0 Å². The molecule has 4 rings (SSSR count). The Morgan fingerprint density at radius 1 is 1.02 bits per heavy atom. The summed E-state index contributed by atoms with van der Waals surface area (Å²) in [7, 11) is 4.01. The summed E-state index contributed by atoms with van der Waals surface area (Å²) in [6.45, 7) is 0.501. The van der Waals surface area contributed by atoms with E-state index in [4.69, 9.17) is 33.2 Å². The number of aliphatic hydroxyl groups is 6. The van der Waals surface area contributed by atoms with Crippen LogP contribution in [0.2, 0.25) is 0 Å². The van der Waals surface area contributed by atoms with E-state index in [0.717, 1.165) is 19.4 Å². The molecular formula is C28H36O15. The second-order valence-electron chi connectivity index (χ2n) is 10.6. The zero-order valence-electron chi connectivity index (χ0n) is 23.9. The highest BCUT2D eigenvalue weighted by molar-refractivity contribution is 5.91. The highest BCUT2D eigenvalue weighted by Crippen LogP contribution is 2.53. The number of aliphatic hydroxyl groups excluding tert-OH is 4. The van der Waals surface area contributed by atoms with Crippen LogP contribution in [0.25, 0.3) is 6.08 Å². The number of benzene rings is 1. The average molecular weight is 613 g/mol. The molecule has 1 saturated heterocycles. The molecule has 3 aliphatic rings. The molecule has 1 aromatic rings. The van der Waals surface area contributed by atoms with E-state index in [1.807, 2.05) is 0 Å². The number of rotatable bonds is 9. The van der Waals surface area contributed by atoms with E-state index in [9.17, 15) is 40.2 Å². The van der Waals surface area contributed by atoms with Crippen molar-refractivity contribution in [3.63, 3.8) is 0 Å². The Morgan fingerprint density at radius 2 is 1.72 bits per heavy atom. The molecule has 43 heavy (non-hydrogen) atoms. The molecule has 1 saturated carbocycles. The van der Waals surface area contributed by atoms with E-state index in [1.165, 1.54) is 27.2 Å². The van der Waals surface area contributed by atoms with Crippen molar-refractivity contribution < 1.29 is 73.4 Å². The highest BCUT2D eigenvalue weighted by Gasteiger charge is 2.69. The SMILES string of the molecule is COC(=O)C1=CO[C@@H](O[C@@H]2O[C@H](CO)[C@@H](O)[C@H](O)[C@H]2O)[C@@H]2[C@@](C)(O)[C@@H](OC(=O)C=Cc3ccc(OC)c(OC)c3)C[C@]12O. The van der Waals surface area contributed by atoms with Gasteiger partial charge in [-0.1, -0.05) is 6.07 Å². The van der Waals surface area contributed by atoms with E-state index < -0.39 is 90.8 Å². The number of hydrogen-bond donors (Lipinski definition) is 6. The van der Waals surface area contributed by atoms with Gasteiger partial charge in [0.2, 0.25) is 6.29 Å². The van der Waals surface area contributed by atoms with Crippen molar-refractivity contribution in [3.8, 4) is 11.5 Å². The van der Waals surface area contributed by atoms with E-state index in [2.05, 4.69) is 0 Å². The maximum atomic E-state index is 12.8. The number of methoxy groups -OCH3 is 3. The fraction of sp³-hybridized carbons (Fsp3) is 0.571. The van der Waals surface area contributed by atoms with Crippen molar-refractivity contribution in [2.24, 2.45) is 5.92 Å². The zero-order chi connectivity index (χ0) is 31.7. The standard InChI is InChI=1S/C28H36O15/c1-27(35)18(42-19(30)8-6-13-5-7-15(37-2)16(9-13)38-3)10-28(36)14(24(34)39-4)12-40-26(23(27)28)43-25-22(33)21(32)20(31)17(11-29)41-25/h5-9,12,17-18,20-23,25-26,29,31-33,35-36H,10-11H2,1-4H3/t17-,18+,20-,21+,22-,23-,25+,26+,27+,28+/m1/s1. The van der Waals surface area contributed by atoms with Gasteiger partial charge in [0.05, 0.1) is 40.1 Å². The summed E-state index contributed by atoms with van der Waals surface area (Å²) in [5.74, 6) is -2.51. The van der Waals surface area contributed by atoms with Gasteiger partial charge < -0.3 is 63.8 Å². The summed E-state index contributed by atoms with van der Waals surface area (Å²) < 4.78 is 37.3. The van der Waals surface area contributed by atoms with Crippen molar-refractivity contribution in [2.45, 2.75) is 67.6 Å². The van der Waals surface area contributed by atoms with Crippen LogP contribution in [0.1, 0.15) is 18.9 Å². The van der Waals surface area contributed by atoms with Crippen LogP contribution in [0.5, 0.6) is 11.5 Å². The normalized spacial score (nSPS) is 37.2. The molecular weight excluding hydrogens is 576 g/mol. The largest absolute Gasteiger partial charge is 0.493 e. The quantitative estimate of drug-likeness (QED) is 0.136. The van der Waals surface area contributed by atoms with Crippen LogP contribution in [0.3, 0.4) is 0 Å². The third kappa shape index (κ3) is 6.07. The van der Waals surface area contributed by atoms with E-state index in [-0.39, 0.29) is 0 Å². The van der Waals surface area contributed by atoms with Crippen molar-refractivity contribution in [1.82, 2.24) is 0 Å². The van der Waals surface area contributed by atoms with Gasteiger partial charge in [-0.25, -0.2) is 9.59 Å². The predicted molar refractivity (Wildman–Crippen MR) is 142 cm³/mol. The second kappa shape index (κ2) is 12.8. The molecule has 0 unspecified atom stereocenters. The third-order valence-electron chi connectivity index (χ3n) is 7.95. The maximum absolute atomic E-state index is 12.8. The van der Waals surface area contributed by atoms with Gasteiger partial charge in [0, 0.05) is 12.5 Å². The Hall–Kier alpha value is -3.28. The van der Waals surface area contributed by atoms with Gasteiger partial charge in [-0.2, -0.15) is 0 Å². The Morgan fingerprint density at radius 3 is 2.35 bits per heavy atom. The van der Waals surface area contributed by atoms with Crippen LogP contribution in [0, 0.1) is 5.92 Å². The first-order chi connectivity index (χ1) is 20.3. The molecule has 2 aliphatic heterocycles. The summed E-state index contributed by atoms with van der Waals surface area (Å²) in [6.07, 6.45) is -8.48. The molecule has 0 spiro atoms. The molecule has 15 heteroatoms. The number of fused-ring (bicyclic) bond motifs is 1. The Kier molecular flexibility index (Phi) is 9.68. The van der Waals surface area contributed by atoms with E-state index in [1.54, 1.807) is 18.2 Å². The molecule has 1 aromatic carbocycles. The lowest BCUT2D eigenvalue weighted by Crippen LogP contribution is -2.62. The van der Waals surface area contributed by atoms with Gasteiger partial charge in [0.25, 0.3) is 0 Å². The molecule has 238 valence electrons. The number of ether oxygens (including phenoxy) is 7. The van der Waals surface area contributed by atoms with Crippen LogP contribution in [0.4, 0.5) is 0 Å². The van der Waals surface area contributed by atoms with E-state index in [0.29, 0.717) is 17.1 Å². The lowest BCUT2D eigenvalue weighted by Gasteiger charge is -2.46. The molecule has 2 heterocycles. The van der Waals surface area contributed by atoms with Crippen LogP contribution in [-0.2, 0) is 33.3 Å². The zero-order valence-corrected chi connectivity index (χ0v) is 23.9. The Bertz CT molecular complexity index is 1240. The molecule has 15 nitrogen and oxygen atoms in total. The summed E-state index contributed by atoms with van der Waals surface area (Å²) in [5.41, 5.74) is -4.18. The Balaban J connectivity index is 1.59. The van der Waals surface area contributed by atoms with Crippen LogP contribution in [-0.4, -0.2) is 125 Å². The van der Waals surface area contributed by atoms with Crippen LogP contribution >= 0.6 is 0 Å². The lowest BCUT2D eigenvalue weighted by atomic mass is 9.77. The van der Waals surface area contributed by atoms with Crippen LogP contribution in [0.15, 0.2) is 36.1 Å². The summed E-state index contributed by atoms with van der Waals surface area (Å²) in [5, 5.41) is 63.6. The molecule has 0 aromatic heterocycles. The van der Waals surface area contributed by atoms with Gasteiger partial charge >= 0.3 is 11.9 Å². The second-order valence-corrected chi connectivity index (χ2v) is 10.6. The van der Waals surface area contributed by atoms with Gasteiger partial charge in [-0.15, -0.1) is 0 Å². The van der Waals surface area contributed by atoms with Crippen LogP contribution < -0.4 is 9.47 Å². The summed E-state index contributed by atoms with van der Waals surface area (Å²) in [4.78, 5) is 25.4. The molecule has 0 radical (unpaired) electrons. The lowest BCUT2D eigenvalue weighted by molar-refractivity contribution is -0.352. The minimum atomic E-state index is -2.23. The Labute approximate surface area is 246 Å². The molecule has 0 amide bonds. The first-order valence-corrected chi connectivity index (χ1v) is 13.3. The molecule has 6 N–H and O–H groups in total. The summed E-state index contributed by atoms with van der Waals surface area (Å²) >= 11 is 0. The van der Waals surface area contributed by atoms with Crippen molar-refractivity contribution >= 4 is 18.0 Å². The number of hydrogen-bond acceptors (Lipinski definition) is 15. The number of esters is 2. The molecule has 2 fully saturated rings. The minimum Gasteiger partial charge on any atom is -0.493 e. The smallest absolute Gasteiger partial charge is 0.339 e. The van der Waals surface area contributed by atoms with Gasteiger partial charge in [-0.05, 0) is 30.7 Å². The number of carbonyl (C=O) groups is 2. The topological polar surface area (TPSA) is 220 Å².